The molecular weight excluding hydrogens is 263 g/mol. The summed E-state index contributed by atoms with van der Waals surface area (Å²) in [6, 6.07) is 5.20. The Morgan fingerprint density at radius 2 is 2.25 bits per heavy atom. The second-order valence-corrected chi connectivity index (χ2v) is 4.32. The van der Waals surface area contributed by atoms with Gasteiger partial charge >= 0.3 is 0 Å². The fourth-order valence-electron chi connectivity index (χ4n) is 1.82. The first-order chi connectivity index (χ1) is 9.61. The van der Waals surface area contributed by atoms with E-state index >= 15 is 0 Å². The molecule has 0 spiro atoms. The molecule has 0 aliphatic carbocycles. The number of hydrogen-bond donors (Lipinski definition) is 1. The average Bonchev–Trinajstić information content (AvgIpc) is 2.87. The summed E-state index contributed by atoms with van der Waals surface area (Å²) in [4.78, 5) is 10.3. The molecule has 1 heterocycles. The van der Waals surface area contributed by atoms with E-state index in [1.165, 1.54) is 16.8 Å². The largest absolute Gasteiger partial charge is 0.311 e. The third kappa shape index (κ3) is 3.18. The van der Waals surface area contributed by atoms with Crippen molar-refractivity contribution in [2.24, 2.45) is 0 Å². The van der Waals surface area contributed by atoms with Crippen LogP contribution >= 0.6 is 0 Å². The summed E-state index contributed by atoms with van der Waals surface area (Å²) in [5, 5.41) is 18.4. The molecule has 1 aromatic carbocycles. The van der Waals surface area contributed by atoms with Gasteiger partial charge < -0.3 is 5.32 Å². The summed E-state index contributed by atoms with van der Waals surface area (Å²) in [6.07, 6.45) is 2.65. The molecule has 0 bridgehead atoms. The molecule has 7 heteroatoms. The van der Waals surface area contributed by atoms with Crippen molar-refractivity contribution in [3.05, 3.63) is 52.1 Å². The molecule has 0 saturated carbocycles. The van der Waals surface area contributed by atoms with Crippen LogP contribution in [-0.4, -0.2) is 21.2 Å². The minimum Gasteiger partial charge on any atom is -0.311 e. The van der Waals surface area contributed by atoms with Crippen molar-refractivity contribution in [3.8, 4) is 5.69 Å². The summed E-state index contributed by atoms with van der Waals surface area (Å²) in [6.45, 7) is 3.53. The van der Waals surface area contributed by atoms with Gasteiger partial charge in [0.2, 0.25) is 0 Å². The first-order valence-corrected chi connectivity index (χ1v) is 6.31. The highest BCUT2D eigenvalue weighted by atomic mass is 19.1. The van der Waals surface area contributed by atoms with E-state index in [0.29, 0.717) is 6.54 Å². The molecule has 106 valence electrons. The van der Waals surface area contributed by atoms with Gasteiger partial charge in [-0.3, -0.25) is 10.1 Å². The Hall–Kier alpha value is -2.28. The first-order valence-electron chi connectivity index (χ1n) is 6.31. The normalized spacial score (nSPS) is 10.7. The quantitative estimate of drug-likeness (QED) is 0.500. The van der Waals surface area contributed by atoms with Crippen molar-refractivity contribution in [2.75, 3.05) is 6.54 Å². The minimum absolute atomic E-state index is 0.248. The highest BCUT2D eigenvalue weighted by molar-refractivity contribution is 5.51. The Labute approximate surface area is 115 Å². The van der Waals surface area contributed by atoms with Gasteiger partial charge in [-0.1, -0.05) is 6.92 Å². The number of rotatable bonds is 6. The van der Waals surface area contributed by atoms with E-state index < -0.39 is 10.7 Å². The Morgan fingerprint density at radius 3 is 2.95 bits per heavy atom. The number of benzene rings is 1. The van der Waals surface area contributed by atoms with E-state index in [1.54, 1.807) is 12.3 Å². The highest BCUT2D eigenvalue weighted by Crippen LogP contribution is 2.23. The van der Waals surface area contributed by atoms with Gasteiger partial charge in [0.15, 0.2) is 0 Å². The second kappa shape index (κ2) is 6.25. The summed E-state index contributed by atoms with van der Waals surface area (Å²) in [7, 11) is 0. The average molecular weight is 278 g/mol. The second-order valence-electron chi connectivity index (χ2n) is 4.32. The van der Waals surface area contributed by atoms with E-state index in [2.05, 4.69) is 17.3 Å². The fraction of sp³-hybridized carbons (Fsp3) is 0.308. The monoisotopic (exact) mass is 278 g/mol. The predicted octanol–water partition coefficient (Wildman–Crippen LogP) is 2.42. The maximum atomic E-state index is 13.1. The van der Waals surface area contributed by atoms with Crippen LogP contribution in [0.1, 0.15) is 19.0 Å². The van der Waals surface area contributed by atoms with Crippen LogP contribution in [0.2, 0.25) is 0 Å². The van der Waals surface area contributed by atoms with Gasteiger partial charge in [0.05, 0.1) is 16.7 Å². The number of nitro benzene ring substituents is 1. The molecule has 1 N–H and O–H groups in total. The predicted molar refractivity (Wildman–Crippen MR) is 72.2 cm³/mol. The first kappa shape index (κ1) is 14.1. The zero-order chi connectivity index (χ0) is 14.5. The molecule has 0 saturated heterocycles. The zero-order valence-corrected chi connectivity index (χ0v) is 11.0. The third-order valence-corrected chi connectivity index (χ3v) is 2.76. The van der Waals surface area contributed by atoms with Gasteiger partial charge in [-0.25, -0.2) is 9.07 Å². The number of aromatic nitrogens is 2. The van der Waals surface area contributed by atoms with E-state index in [4.69, 9.17) is 0 Å². The number of halogens is 1. The number of nitro groups is 1. The molecule has 2 aromatic rings. The van der Waals surface area contributed by atoms with Crippen LogP contribution in [0.4, 0.5) is 10.1 Å². The van der Waals surface area contributed by atoms with Gasteiger partial charge in [0, 0.05) is 12.7 Å². The molecule has 0 fully saturated rings. The standard InChI is InChI=1S/C13H15FN4O2/c1-2-6-15-9-11-5-7-17(16-11)12-4-3-10(14)8-13(12)18(19)20/h3-5,7-8,15H,2,6,9H2,1H3. The number of hydrogen-bond acceptors (Lipinski definition) is 4. The van der Waals surface area contributed by atoms with Crippen molar-refractivity contribution < 1.29 is 9.31 Å². The van der Waals surface area contributed by atoms with Crippen LogP contribution < -0.4 is 5.32 Å². The molecule has 20 heavy (non-hydrogen) atoms. The Kier molecular flexibility index (Phi) is 4.41. The van der Waals surface area contributed by atoms with E-state index in [0.717, 1.165) is 24.7 Å². The summed E-state index contributed by atoms with van der Waals surface area (Å²) in [5.74, 6) is -0.641. The number of nitrogens with one attached hydrogen (secondary N) is 1. The van der Waals surface area contributed by atoms with Crippen LogP contribution in [0, 0.1) is 15.9 Å². The maximum Gasteiger partial charge on any atom is 0.297 e. The lowest BCUT2D eigenvalue weighted by Crippen LogP contribution is -2.14. The molecule has 0 aliphatic heterocycles. The van der Waals surface area contributed by atoms with Crippen LogP contribution in [0.5, 0.6) is 0 Å². The van der Waals surface area contributed by atoms with Crippen LogP contribution in [0.3, 0.4) is 0 Å². The van der Waals surface area contributed by atoms with E-state index in [1.807, 2.05) is 0 Å². The minimum atomic E-state index is -0.641. The summed E-state index contributed by atoms with van der Waals surface area (Å²) in [5.41, 5.74) is 0.719. The number of nitrogens with zero attached hydrogens (tertiary/aromatic N) is 3. The maximum absolute atomic E-state index is 13.1. The Balaban J connectivity index is 2.25. The van der Waals surface area contributed by atoms with Crippen molar-refractivity contribution in [1.82, 2.24) is 15.1 Å². The van der Waals surface area contributed by atoms with E-state index in [9.17, 15) is 14.5 Å². The smallest absolute Gasteiger partial charge is 0.297 e. The Morgan fingerprint density at radius 1 is 1.45 bits per heavy atom. The third-order valence-electron chi connectivity index (χ3n) is 2.76. The van der Waals surface area contributed by atoms with Crippen LogP contribution in [0.25, 0.3) is 5.69 Å². The van der Waals surface area contributed by atoms with Crippen molar-refractivity contribution in [2.45, 2.75) is 19.9 Å². The lowest BCUT2D eigenvalue weighted by atomic mass is 10.2. The molecule has 0 atom stereocenters. The van der Waals surface area contributed by atoms with Crippen LogP contribution in [0.15, 0.2) is 30.5 Å². The molecule has 0 unspecified atom stereocenters. The molecule has 6 nitrogen and oxygen atoms in total. The zero-order valence-electron chi connectivity index (χ0n) is 11.0. The van der Waals surface area contributed by atoms with Crippen molar-refractivity contribution in [1.29, 1.82) is 0 Å². The summed E-state index contributed by atoms with van der Waals surface area (Å²) >= 11 is 0. The van der Waals surface area contributed by atoms with Crippen molar-refractivity contribution in [3.63, 3.8) is 0 Å². The Bertz CT molecular complexity index is 612. The SMILES string of the molecule is CCCNCc1ccn(-c2ccc(F)cc2[N+](=O)[O-])n1. The molecule has 0 radical (unpaired) electrons. The lowest BCUT2D eigenvalue weighted by Gasteiger charge is -2.03. The van der Waals surface area contributed by atoms with Crippen molar-refractivity contribution >= 4 is 5.69 Å². The topological polar surface area (TPSA) is 73.0 Å². The van der Waals surface area contributed by atoms with Gasteiger partial charge in [0.1, 0.15) is 11.5 Å². The lowest BCUT2D eigenvalue weighted by molar-refractivity contribution is -0.384. The molecule has 0 amide bonds. The molecule has 2 rings (SSSR count). The fourth-order valence-corrected chi connectivity index (χ4v) is 1.82. The van der Waals surface area contributed by atoms with Gasteiger partial charge in [-0.15, -0.1) is 0 Å². The van der Waals surface area contributed by atoms with Crippen LogP contribution in [-0.2, 0) is 6.54 Å². The molecule has 1 aromatic heterocycles. The van der Waals surface area contributed by atoms with E-state index in [-0.39, 0.29) is 11.4 Å². The summed E-state index contributed by atoms with van der Waals surface area (Å²) < 4.78 is 14.5. The molecular formula is C13H15FN4O2. The van der Waals surface area contributed by atoms with Gasteiger partial charge in [-0.2, -0.15) is 5.10 Å². The highest BCUT2D eigenvalue weighted by Gasteiger charge is 2.17. The van der Waals surface area contributed by atoms with Gasteiger partial charge in [0.25, 0.3) is 5.69 Å². The molecule has 0 aliphatic rings. The van der Waals surface area contributed by atoms with Gasteiger partial charge in [-0.05, 0) is 31.2 Å².